The lowest BCUT2D eigenvalue weighted by Crippen LogP contribution is -2.32. The van der Waals surface area contributed by atoms with Crippen LogP contribution in [-0.4, -0.2) is 22.0 Å². The molecule has 0 unspecified atom stereocenters. The van der Waals surface area contributed by atoms with Crippen LogP contribution in [0.1, 0.15) is 41.3 Å². The maximum absolute atomic E-state index is 13.3. The van der Waals surface area contributed by atoms with E-state index in [-0.39, 0.29) is 5.91 Å². The minimum atomic E-state index is 0.0273. The largest absolute Gasteiger partial charge is 0.323 e. The van der Waals surface area contributed by atoms with Crippen molar-refractivity contribution in [2.24, 2.45) is 0 Å². The molecule has 0 bridgehead atoms. The minimum Gasteiger partial charge on any atom is -0.323 e. The summed E-state index contributed by atoms with van der Waals surface area (Å²) in [5, 5.41) is 0. The van der Waals surface area contributed by atoms with Gasteiger partial charge in [-0.2, -0.15) is 0 Å². The van der Waals surface area contributed by atoms with Gasteiger partial charge in [0.2, 0.25) is 0 Å². The van der Waals surface area contributed by atoms with Gasteiger partial charge in [-0.05, 0) is 30.7 Å². The summed E-state index contributed by atoms with van der Waals surface area (Å²) in [6.45, 7) is 13.4. The van der Waals surface area contributed by atoms with Gasteiger partial charge < -0.3 is 9.47 Å². The summed E-state index contributed by atoms with van der Waals surface area (Å²) >= 11 is 0. The second kappa shape index (κ2) is 11.8. The molecule has 4 aromatic rings. The number of rotatable bonds is 3. The van der Waals surface area contributed by atoms with Crippen molar-refractivity contribution < 1.29 is 4.79 Å². The predicted octanol–water partition coefficient (Wildman–Crippen LogP) is 6.94. The summed E-state index contributed by atoms with van der Waals surface area (Å²) in [7, 11) is 0. The van der Waals surface area contributed by atoms with Gasteiger partial charge in [0.25, 0.3) is 5.91 Å². The van der Waals surface area contributed by atoms with E-state index in [0.29, 0.717) is 12.1 Å². The van der Waals surface area contributed by atoms with Crippen LogP contribution in [0.4, 0.5) is 5.69 Å². The number of anilines is 1. The highest BCUT2D eigenvalue weighted by Crippen LogP contribution is 2.37. The highest BCUT2D eigenvalue weighted by Gasteiger charge is 2.28. The highest BCUT2D eigenvalue weighted by molar-refractivity contribution is 6.08. The van der Waals surface area contributed by atoms with E-state index in [1.807, 2.05) is 73.3 Å². The number of aryl methyl sites for hydroxylation is 1. The molecule has 1 aliphatic rings. The molecule has 4 heteroatoms. The molecule has 4 nitrogen and oxygen atoms in total. The summed E-state index contributed by atoms with van der Waals surface area (Å²) in [5.74, 6) is 1.03. The number of para-hydroxylation sites is 1. The molecule has 0 saturated heterocycles. The predicted molar refractivity (Wildman–Crippen MR) is 142 cm³/mol. The van der Waals surface area contributed by atoms with Crippen molar-refractivity contribution in [2.45, 2.75) is 33.7 Å². The normalized spacial score (nSPS) is 11.6. The van der Waals surface area contributed by atoms with Crippen LogP contribution in [0.3, 0.4) is 0 Å². The van der Waals surface area contributed by atoms with Crippen molar-refractivity contribution in [3.05, 3.63) is 121 Å². The van der Waals surface area contributed by atoms with E-state index in [0.717, 1.165) is 41.4 Å². The van der Waals surface area contributed by atoms with Crippen LogP contribution in [0.25, 0.3) is 11.3 Å². The molecule has 1 amide bonds. The topological polar surface area (TPSA) is 38.1 Å². The smallest absolute Gasteiger partial charge is 0.258 e. The molecule has 3 aromatic carbocycles. The number of imidazole rings is 1. The molecule has 34 heavy (non-hydrogen) atoms. The zero-order chi connectivity index (χ0) is 24.5. The van der Waals surface area contributed by atoms with Crippen LogP contribution < -0.4 is 4.90 Å². The molecule has 0 spiro atoms. The van der Waals surface area contributed by atoms with Crippen LogP contribution in [0, 0.1) is 6.92 Å². The fraction of sp³-hybridized carbons (Fsp3) is 0.200. The average Bonchev–Trinajstić information content (AvgIpc) is 3.12. The summed E-state index contributed by atoms with van der Waals surface area (Å²) in [5.41, 5.74) is 6.12. The summed E-state index contributed by atoms with van der Waals surface area (Å²) in [6.07, 6.45) is 0.727. The van der Waals surface area contributed by atoms with Gasteiger partial charge in [-0.3, -0.25) is 4.79 Å². The number of aromatic nitrogens is 2. The molecular formula is C30H33N3O. The second-order valence-electron chi connectivity index (χ2n) is 7.62. The molecule has 0 saturated carbocycles. The van der Waals surface area contributed by atoms with Crippen LogP contribution in [-0.2, 0) is 13.0 Å². The second-order valence-corrected chi connectivity index (χ2v) is 7.62. The lowest BCUT2D eigenvalue weighted by molar-refractivity contribution is 0.0987. The van der Waals surface area contributed by atoms with Crippen molar-refractivity contribution >= 4 is 11.6 Å². The lowest BCUT2D eigenvalue weighted by Gasteiger charge is -2.23. The lowest BCUT2D eigenvalue weighted by atomic mass is 10.1. The fourth-order valence-electron chi connectivity index (χ4n) is 4.26. The number of carbonyl (C=O) groups excluding carboxylic acids is 1. The molecule has 0 N–H and O–H groups in total. The van der Waals surface area contributed by atoms with E-state index in [9.17, 15) is 4.79 Å². The SMILES string of the molecule is C=C.CC.Cc1nc2c(n1Cc1ccccc1)-c1ccccc1N(C(=O)c1ccccc1)CC2. The van der Waals surface area contributed by atoms with Crippen LogP contribution >= 0.6 is 0 Å². The van der Waals surface area contributed by atoms with E-state index >= 15 is 0 Å². The fourth-order valence-corrected chi connectivity index (χ4v) is 4.26. The van der Waals surface area contributed by atoms with Crippen molar-refractivity contribution in [3.63, 3.8) is 0 Å². The Morgan fingerprint density at radius 2 is 1.47 bits per heavy atom. The maximum Gasteiger partial charge on any atom is 0.258 e. The Morgan fingerprint density at radius 3 is 2.15 bits per heavy atom. The highest BCUT2D eigenvalue weighted by atomic mass is 16.2. The molecule has 1 aliphatic heterocycles. The first-order valence-electron chi connectivity index (χ1n) is 11.8. The van der Waals surface area contributed by atoms with Gasteiger partial charge in [0.15, 0.2) is 0 Å². The van der Waals surface area contributed by atoms with Gasteiger partial charge in [0.1, 0.15) is 5.82 Å². The number of benzene rings is 3. The molecule has 0 aliphatic carbocycles. The van der Waals surface area contributed by atoms with E-state index in [1.165, 1.54) is 5.56 Å². The summed E-state index contributed by atoms with van der Waals surface area (Å²) < 4.78 is 2.28. The first kappa shape index (κ1) is 24.7. The average molecular weight is 452 g/mol. The zero-order valence-corrected chi connectivity index (χ0v) is 20.4. The Balaban J connectivity index is 0.000000771. The quantitative estimate of drug-likeness (QED) is 0.317. The van der Waals surface area contributed by atoms with Crippen molar-refractivity contribution in [1.29, 1.82) is 0 Å². The van der Waals surface area contributed by atoms with Gasteiger partial charge in [-0.15, -0.1) is 13.2 Å². The first-order chi connectivity index (χ1) is 16.7. The molecular weight excluding hydrogens is 418 g/mol. The molecule has 0 fully saturated rings. The van der Waals surface area contributed by atoms with Crippen LogP contribution in [0.15, 0.2) is 98.1 Å². The third-order valence-electron chi connectivity index (χ3n) is 5.70. The van der Waals surface area contributed by atoms with E-state index in [4.69, 9.17) is 4.98 Å². The van der Waals surface area contributed by atoms with Gasteiger partial charge >= 0.3 is 0 Å². The van der Waals surface area contributed by atoms with Gasteiger partial charge in [-0.1, -0.05) is 80.6 Å². The first-order valence-corrected chi connectivity index (χ1v) is 11.8. The zero-order valence-electron chi connectivity index (χ0n) is 20.4. The van der Waals surface area contributed by atoms with Gasteiger partial charge in [0.05, 0.1) is 17.1 Å². The molecule has 1 aromatic heterocycles. The number of fused-ring (bicyclic) bond motifs is 3. The molecule has 174 valence electrons. The number of carbonyl (C=O) groups is 1. The third kappa shape index (κ3) is 5.01. The Hall–Kier alpha value is -3.92. The van der Waals surface area contributed by atoms with Gasteiger partial charge in [-0.25, -0.2) is 4.98 Å². The number of hydrogen-bond acceptors (Lipinski definition) is 2. The van der Waals surface area contributed by atoms with Crippen LogP contribution in [0.5, 0.6) is 0 Å². The van der Waals surface area contributed by atoms with E-state index in [2.05, 4.69) is 55.0 Å². The Morgan fingerprint density at radius 1 is 0.882 bits per heavy atom. The van der Waals surface area contributed by atoms with E-state index in [1.54, 1.807) is 0 Å². The van der Waals surface area contributed by atoms with Crippen molar-refractivity contribution in [1.82, 2.24) is 9.55 Å². The maximum atomic E-state index is 13.3. The molecule has 5 rings (SSSR count). The number of nitrogens with zero attached hydrogens (tertiary/aromatic N) is 3. The Bertz CT molecular complexity index is 1210. The summed E-state index contributed by atoms with van der Waals surface area (Å²) in [4.78, 5) is 20.1. The molecule has 0 atom stereocenters. The molecule has 0 radical (unpaired) electrons. The monoisotopic (exact) mass is 451 g/mol. The van der Waals surface area contributed by atoms with Gasteiger partial charge in [0, 0.05) is 30.6 Å². The van der Waals surface area contributed by atoms with Crippen molar-refractivity contribution in [2.75, 3.05) is 11.4 Å². The van der Waals surface area contributed by atoms with Crippen LogP contribution in [0.2, 0.25) is 0 Å². The standard InChI is InChI=1S/C26H23N3O.C2H6.C2H4/c1-19-27-23-16-17-28(26(30)21-12-6-3-7-13-21)24-15-9-8-14-22(24)25(23)29(19)18-20-10-4-2-5-11-20;2*1-2/h2-15H,16-18H2,1H3;1-2H3;1-2H2. The third-order valence-corrected chi connectivity index (χ3v) is 5.70. The number of amides is 1. The Kier molecular flexibility index (Phi) is 8.58. The molecule has 2 heterocycles. The van der Waals surface area contributed by atoms with E-state index < -0.39 is 0 Å². The summed E-state index contributed by atoms with van der Waals surface area (Å²) in [6, 6.07) is 28.1. The Labute approximate surface area is 203 Å². The number of hydrogen-bond donors (Lipinski definition) is 0. The minimum absolute atomic E-state index is 0.0273. The van der Waals surface area contributed by atoms with Crippen molar-refractivity contribution in [3.8, 4) is 11.3 Å².